The average molecular weight is 464 g/mol. The molecule has 0 saturated heterocycles. The second-order valence-corrected chi connectivity index (χ2v) is 7.78. The number of ketones is 1. The molecule has 0 aliphatic rings. The Kier molecular flexibility index (Phi) is 8.89. The van der Waals surface area contributed by atoms with E-state index < -0.39 is 30.4 Å². The predicted octanol–water partition coefficient (Wildman–Crippen LogP) is 3.55. The highest BCUT2D eigenvalue weighted by Gasteiger charge is 2.20. The number of urea groups is 1. The zero-order valence-corrected chi connectivity index (χ0v) is 18.5. The van der Waals surface area contributed by atoms with Gasteiger partial charge < -0.3 is 21.1 Å². The predicted molar refractivity (Wildman–Crippen MR) is 119 cm³/mol. The summed E-state index contributed by atoms with van der Waals surface area (Å²) in [6, 6.07) is 9.84. The number of rotatable bonds is 9. The topological polar surface area (TPSA) is 128 Å². The third-order valence-electron chi connectivity index (χ3n) is 4.16. The number of ether oxygens (including phenoxy) is 1. The van der Waals surface area contributed by atoms with Crippen molar-refractivity contribution in [2.75, 3.05) is 18.2 Å². The van der Waals surface area contributed by atoms with E-state index in [-0.39, 0.29) is 12.3 Å². The minimum Gasteiger partial charge on any atom is -0.457 e. The molecule has 0 radical (unpaired) electrons. The van der Waals surface area contributed by atoms with Crippen molar-refractivity contribution in [2.45, 2.75) is 24.3 Å². The number of hydrogen-bond acceptors (Lipinski definition) is 6. The molecule has 2 aromatic carbocycles. The van der Waals surface area contributed by atoms with Crippen molar-refractivity contribution in [3.05, 3.63) is 58.6 Å². The van der Waals surface area contributed by atoms with Crippen molar-refractivity contribution < 1.29 is 23.9 Å². The van der Waals surface area contributed by atoms with E-state index in [0.29, 0.717) is 21.8 Å². The highest BCUT2D eigenvalue weighted by atomic mass is 35.5. The van der Waals surface area contributed by atoms with Gasteiger partial charge in [-0.3, -0.25) is 14.4 Å². The van der Waals surface area contributed by atoms with E-state index in [1.807, 2.05) is 6.26 Å². The molecule has 2 aromatic rings. The summed E-state index contributed by atoms with van der Waals surface area (Å²) in [6.45, 7) is 0.887. The normalized spacial score (nSPS) is 11.3. The maximum absolute atomic E-state index is 12.5. The summed E-state index contributed by atoms with van der Waals surface area (Å²) >= 11 is 7.28. The zero-order chi connectivity index (χ0) is 23.0. The van der Waals surface area contributed by atoms with Crippen LogP contribution in [0.25, 0.3) is 0 Å². The zero-order valence-electron chi connectivity index (χ0n) is 16.9. The molecular weight excluding hydrogens is 442 g/mol. The molecule has 10 heteroatoms. The van der Waals surface area contributed by atoms with Crippen molar-refractivity contribution >= 4 is 52.7 Å². The quantitative estimate of drug-likeness (QED) is 0.296. The number of carbonyl (C=O) groups is 4. The molecule has 4 N–H and O–H groups in total. The molecule has 3 amide bonds. The maximum atomic E-state index is 12.5. The minimum absolute atomic E-state index is 0.222. The van der Waals surface area contributed by atoms with Crippen LogP contribution in [0.2, 0.25) is 5.02 Å². The van der Waals surface area contributed by atoms with E-state index in [2.05, 4.69) is 10.6 Å². The van der Waals surface area contributed by atoms with Crippen LogP contribution in [0.15, 0.2) is 47.4 Å². The van der Waals surface area contributed by atoms with Crippen molar-refractivity contribution in [1.29, 1.82) is 0 Å². The van der Waals surface area contributed by atoms with Gasteiger partial charge in [0.25, 0.3) is 0 Å². The van der Waals surface area contributed by atoms with Crippen molar-refractivity contribution in [3.63, 3.8) is 0 Å². The molecule has 1 atom stereocenters. The number of nitrogens with one attached hydrogen (secondary N) is 2. The van der Waals surface area contributed by atoms with Crippen LogP contribution < -0.4 is 16.4 Å². The number of Topliss-reactive ketones (excluding diaryl/α,β-unsaturated/α-hetero) is 1. The lowest BCUT2D eigenvalue weighted by atomic mass is 10.0. The second-order valence-electron chi connectivity index (χ2n) is 6.50. The molecule has 8 nitrogen and oxygen atoms in total. The Morgan fingerprint density at radius 2 is 1.81 bits per heavy atom. The van der Waals surface area contributed by atoms with Gasteiger partial charge in [0.1, 0.15) is 0 Å². The van der Waals surface area contributed by atoms with Crippen molar-refractivity contribution in [1.82, 2.24) is 5.32 Å². The number of primary amides is 1. The molecule has 2 rings (SSSR count). The second kappa shape index (κ2) is 11.4. The smallest absolute Gasteiger partial charge is 0.312 e. The Hall–Kier alpha value is -3.04. The standard InChI is InChI=1S/C21H22ClN3O5S/c1-12(26)24-17-9-14(5-8-19(17)31-2)18(27)11-30-20(28)10-16(25-21(23)29)13-3-6-15(22)7-4-13/h3-9,16H,10-11H2,1-2H3,(H,24,26)(H3,23,25,29). The van der Waals surface area contributed by atoms with Crippen molar-refractivity contribution in [2.24, 2.45) is 5.73 Å². The number of esters is 1. The van der Waals surface area contributed by atoms with Gasteiger partial charge in [-0.05, 0) is 36.1 Å². The fraction of sp³-hybridized carbons (Fsp3) is 0.238. The van der Waals surface area contributed by atoms with E-state index in [1.165, 1.54) is 24.8 Å². The first-order chi connectivity index (χ1) is 14.7. The first-order valence-corrected chi connectivity index (χ1v) is 10.8. The summed E-state index contributed by atoms with van der Waals surface area (Å²) in [5.74, 6) is -1.38. The Bertz CT molecular complexity index is 981. The molecule has 0 bridgehead atoms. The third kappa shape index (κ3) is 7.62. The molecule has 164 valence electrons. The molecule has 0 aliphatic carbocycles. The molecule has 0 aromatic heterocycles. The summed E-state index contributed by atoms with van der Waals surface area (Å²) < 4.78 is 5.09. The van der Waals surface area contributed by atoms with Gasteiger partial charge in [-0.2, -0.15) is 0 Å². The lowest BCUT2D eigenvalue weighted by Gasteiger charge is -2.17. The molecule has 1 unspecified atom stereocenters. The first-order valence-electron chi connectivity index (χ1n) is 9.15. The van der Waals surface area contributed by atoms with Crippen molar-refractivity contribution in [3.8, 4) is 0 Å². The summed E-state index contributed by atoms with van der Waals surface area (Å²) in [5, 5.41) is 5.64. The fourth-order valence-electron chi connectivity index (χ4n) is 2.74. The van der Waals surface area contributed by atoms with E-state index >= 15 is 0 Å². The summed E-state index contributed by atoms with van der Waals surface area (Å²) in [4.78, 5) is 48.2. The number of nitrogens with two attached hydrogens (primary N) is 1. The molecular formula is C21H22ClN3O5S. The van der Waals surface area contributed by atoms with Gasteiger partial charge in [0.2, 0.25) is 5.91 Å². The third-order valence-corrected chi connectivity index (χ3v) is 5.20. The Morgan fingerprint density at radius 1 is 1.13 bits per heavy atom. The van der Waals surface area contributed by atoms with Gasteiger partial charge in [-0.1, -0.05) is 29.8 Å². The van der Waals surface area contributed by atoms with Gasteiger partial charge >= 0.3 is 12.0 Å². The van der Waals surface area contributed by atoms with E-state index in [1.54, 1.807) is 36.4 Å². The molecule has 31 heavy (non-hydrogen) atoms. The Balaban J connectivity index is 2.03. The highest BCUT2D eigenvalue weighted by molar-refractivity contribution is 7.98. The maximum Gasteiger partial charge on any atom is 0.312 e. The molecule has 0 saturated carbocycles. The lowest BCUT2D eigenvalue weighted by molar-refractivity contribution is -0.143. The number of hydrogen-bond donors (Lipinski definition) is 3. The number of halogens is 1. The number of amides is 3. The van der Waals surface area contributed by atoms with E-state index in [9.17, 15) is 19.2 Å². The molecule has 0 spiro atoms. The number of carbonyl (C=O) groups excluding carboxylic acids is 4. The van der Waals surface area contributed by atoms with Crippen LogP contribution in [0.3, 0.4) is 0 Å². The highest BCUT2D eigenvalue weighted by Crippen LogP contribution is 2.27. The minimum atomic E-state index is -0.803. The summed E-state index contributed by atoms with van der Waals surface area (Å²) in [6.07, 6.45) is 1.63. The fourth-order valence-corrected chi connectivity index (χ4v) is 3.40. The molecule has 0 fully saturated rings. The molecule has 0 aliphatic heterocycles. The van der Waals surface area contributed by atoms with E-state index in [0.717, 1.165) is 4.90 Å². The SMILES string of the molecule is CSc1ccc(C(=O)COC(=O)CC(NC(N)=O)c2ccc(Cl)cc2)cc1NC(C)=O. The summed E-state index contributed by atoms with van der Waals surface area (Å²) in [5.41, 5.74) is 6.60. The monoisotopic (exact) mass is 463 g/mol. The van der Waals surface area contributed by atoms with E-state index in [4.69, 9.17) is 22.1 Å². The van der Waals surface area contributed by atoms with Gasteiger partial charge in [0.05, 0.1) is 18.2 Å². The van der Waals surface area contributed by atoms with Crippen LogP contribution >= 0.6 is 23.4 Å². The van der Waals surface area contributed by atoms with Crippen LogP contribution in [0, 0.1) is 0 Å². The Morgan fingerprint density at radius 3 is 2.39 bits per heavy atom. The average Bonchev–Trinajstić information content (AvgIpc) is 2.71. The van der Waals surface area contributed by atoms with Crippen LogP contribution in [-0.2, 0) is 14.3 Å². The van der Waals surface area contributed by atoms with Crippen LogP contribution in [0.4, 0.5) is 10.5 Å². The Labute approximate surface area is 188 Å². The van der Waals surface area contributed by atoms with Gasteiger partial charge in [-0.15, -0.1) is 11.8 Å². The largest absolute Gasteiger partial charge is 0.457 e. The lowest BCUT2D eigenvalue weighted by Crippen LogP contribution is -2.34. The number of benzene rings is 2. The van der Waals surface area contributed by atoms with Gasteiger partial charge in [-0.25, -0.2) is 4.79 Å². The van der Waals surface area contributed by atoms with Crippen LogP contribution in [0.5, 0.6) is 0 Å². The first kappa shape index (κ1) is 24.2. The molecule has 0 heterocycles. The number of anilines is 1. The van der Waals surface area contributed by atoms with Gasteiger partial charge in [0, 0.05) is 22.4 Å². The number of thioether (sulfide) groups is 1. The van der Waals surface area contributed by atoms with Crippen LogP contribution in [0.1, 0.15) is 35.3 Å². The summed E-state index contributed by atoms with van der Waals surface area (Å²) in [7, 11) is 0. The van der Waals surface area contributed by atoms with Gasteiger partial charge in [0.15, 0.2) is 12.4 Å². The van der Waals surface area contributed by atoms with Crippen LogP contribution in [-0.4, -0.2) is 36.6 Å².